The molecule has 1 aromatic heterocycles. The number of anilines is 1. The highest BCUT2D eigenvalue weighted by molar-refractivity contribution is 7.21. The van der Waals surface area contributed by atoms with E-state index < -0.39 is 0 Å². The lowest BCUT2D eigenvalue weighted by Gasteiger charge is -2.23. The smallest absolute Gasteiger partial charge is 0.124 e. The lowest BCUT2D eigenvalue weighted by molar-refractivity contribution is 0.641. The maximum atomic E-state index is 4.78. The normalized spacial score (nSPS) is 16.5. The molecule has 0 spiro atoms. The molecule has 0 aliphatic carbocycles. The Morgan fingerprint density at radius 1 is 1.00 bits per heavy atom. The molecule has 3 nitrogen and oxygen atoms in total. The van der Waals surface area contributed by atoms with Gasteiger partial charge in [-0.15, -0.1) is 11.3 Å². The summed E-state index contributed by atoms with van der Waals surface area (Å²) in [5.41, 5.74) is 8.22. The fourth-order valence-corrected chi connectivity index (χ4v) is 5.41. The highest BCUT2D eigenvalue weighted by Crippen LogP contribution is 2.46. The van der Waals surface area contributed by atoms with Gasteiger partial charge in [0, 0.05) is 35.6 Å². The summed E-state index contributed by atoms with van der Waals surface area (Å²) < 4.78 is 1.23. The van der Waals surface area contributed by atoms with Crippen LogP contribution in [0.1, 0.15) is 25.0 Å². The molecule has 5 rings (SSSR count). The Morgan fingerprint density at radius 2 is 1.77 bits per heavy atom. The Labute approximate surface area is 187 Å². The number of aliphatic imine (C=N–C) groups is 1. The maximum Gasteiger partial charge on any atom is 0.124 e. The zero-order chi connectivity index (χ0) is 21.6. The highest BCUT2D eigenvalue weighted by Gasteiger charge is 2.37. The fraction of sp³-hybridized carbons (Fsp3) is 0.185. The summed E-state index contributed by atoms with van der Waals surface area (Å²) in [7, 11) is 2.13. The number of aromatic nitrogens is 1. The van der Waals surface area contributed by atoms with Crippen molar-refractivity contribution in [2.45, 2.75) is 26.2 Å². The van der Waals surface area contributed by atoms with Crippen LogP contribution in [-0.2, 0) is 5.41 Å². The van der Waals surface area contributed by atoms with Crippen LogP contribution in [0.2, 0.25) is 0 Å². The third-order valence-corrected chi connectivity index (χ3v) is 7.12. The number of aryl methyl sites for hydroxylation is 1. The average molecular weight is 424 g/mol. The molecule has 3 aromatic carbocycles. The summed E-state index contributed by atoms with van der Waals surface area (Å²) >= 11 is 1.73. The van der Waals surface area contributed by atoms with Gasteiger partial charge in [-0.1, -0.05) is 38.1 Å². The van der Waals surface area contributed by atoms with E-state index in [1.165, 1.54) is 27.2 Å². The Balaban J connectivity index is 1.37. The van der Waals surface area contributed by atoms with Gasteiger partial charge in [-0.25, -0.2) is 4.98 Å². The van der Waals surface area contributed by atoms with Crippen LogP contribution in [0.3, 0.4) is 0 Å². The van der Waals surface area contributed by atoms with Crippen molar-refractivity contribution in [1.82, 2.24) is 4.98 Å². The molecule has 0 unspecified atom stereocenters. The molecule has 2 heterocycles. The van der Waals surface area contributed by atoms with Crippen molar-refractivity contribution < 1.29 is 0 Å². The average Bonchev–Trinajstić information content (AvgIpc) is 3.27. The highest BCUT2D eigenvalue weighted by atomic mass is 32.1. The molecule has 0 saturated carbocycles. The van der Waals surface area contributed by atoms with Crippen LogP contribution in [0.25, 0.3) is 20.8 Å². The minimum absolute atomic E-state index is 0.0353. The Hall–Kier alpha value is -3.24. The summed E-state index contributed by atoms with van der Waals surface area (Å²) in [5.74, 6) is 0. The number of hydrogen-bond acceptors (Lipinski definition) is 4. The molecule has 0 saturated heterocycles. The van der Waals surface area contributed by atoms with Crippen LogP contribution in [-0.4, -0.2) is 18.2 Å². The second-order valence-corrected chi connectivity index (χ2v) is 9.60. The van der Waals surface area contributed by atoms with Gasteiger partial charge in [-0.05, 0) is 66.6 Å². The molecule has 1 aliphatic heterocycles. The van der Waals surface area contributed by atoms with Crippen molar-refractivity contribution >= 4 is 39.1 Å². The predicted octanol–water partition coefficient (Wildman–Crippen LogP) is 7.29. The van der Waals surface area contributed by atoms with Crippen LogP contribution in [0.5, 0.6) is 0 Å². The topological polar surface area (TPSA) is 28.5 Å². The van der Waals surface area contributed by atoms with Gasteiger partial charge >= 0.3 is 0 Å². The Bertz CT molecular complexity index is 1330. The molecule has 4 heteroatoms. The summed E-state index contributed by atoms with van der Waals surface area (Å²) in [6.45, 7) is 6.65. The van der Waals surface area contributed by atoms with Gasteiger partial charge in [-0.3, -0.25) is 4.99 Å². The van der Waals surface area contributed by atoms with Crippen molar-refractivity contribution in [2.75, 3.05) is 11.9 Å². The Morgan fingerprint density at radius 3 is 2.55 bits per heavy atom. The van der Waals surface area contributed by atoms with E-state index in [2.05, 4.69) is 111 Å². The van der Waals surface area contributed by atoms with E-state index >= 15 is 0 Å². The maximum absolute atomic E-state index is 4.78. The van der Waals surface area contributed by atoms with Crippen LogP contribution in [0.4, 0.5) is 11.4 Å². The minimum atomic E-state index is -0.0353. The number of benzene rings is 3. The lowest BCUT2D eigenvalue weighted by Crippen LogP contribution is -2.22. The van der Waals surface area contributed by atoms with Crippen molar-refractivity contribution in [3.63, 3.8) is 0 Å². The number of para-hydroxylation sites is 1. The van der Waals surface area contributed by atoms with Gasteiger partial charge in [0.2, 0.25) is 0 Å². The van der Waals surface area contributed by atoms with E-state index in [-0.39, 0.29) is 5.41 Å². The van der Waals surface area contributed by atoms with Crippen LogP contribution >= 0.6 is 11.3 Å². The van der Waals surface area contributed by atoms with Crippen molar-refractivity contribution in [2.24, 2.45) is 4.99 Å². The van der Waals surface area contributed by atoms with E-state index in [1.54, 1.807) is 11.3 Å². The SMILES string of the molecule is Cc1ccc2nc(-c3ccc(N=CC=C4N(C)c5ccccc5C4(C)C)cc3)sc2c1. The van der Waals surface area contributed by atoms with Crippen molar-refractivity contribution in [3.05, 3.63) is 89.6 Å². The number of likely N-dealkylation sites (N-methyl/N-ethyl adjacent to an activating group) is 1. The van der Waals surface area contributed by atoms with Crippen LogP contribution < -0.4 is 4.90 Å². The van der Waals surface area contributed by atoms with E-state index in [0.717, 1.165) is 21.8 Å². The van der Waals surface area contributed by atoms with Gasteiger partial charge in [0.1, 0.15) is 5.01 Å². The molecule has 0 atom stereocenters. The number of nitrogens with zero attached hydrogens (tertiary/aromatic N) is 3. The number of hydrogen-bond donors (Lipinski definition) is 0. The first-order chi connectivity index (χ1) is 14.9. The molecule has 0 amide bonds. The van der Waals surface area contributed by atoms with Crippen LogP contribution in [0, 0.1) is 6.92 Å². The first kappa shape index (κ1) is 19.7. The molecule has 154 valence electrons. The molecule has 0 bridgehead atoms. The van der Waals surface area contributed by atoms with Crippen molar-refractivity contribution in [3.8, 4) is 10.6 Å². The zero-order valence-electron chi connectivity index (χ0n) is 18.3. The second kappa shape index (κ2) is 7.47. The summed E-state index contributed by atoms with van der Waals surface area (Å²) in [4.78, 5) is 11.7. The quantitative estimate of drug-likeness (QED) is 0.324. The molecule has 31 heavy (non-hydrogen) atoms. The van der Waals surface area contributed by atoms with Crippen molar-refractivity contribution in [1.29, 1.82) is 0 Å². The lowest BCUT2D eigenvalue weighted by atomic mass is 9.84. The van der Waals surface area contributed by atoms with E-state index in [9.17, 15) is 0 Å². The molecule has 4 aromatic rings. The monoisotopic (exact) mass is 423 g/mol. The second-order valence-electron chi connectivity index (χ2n) is 8.57. The van der Waals surface area contributed by atoms with Gasteiger partial charge < -0.3 is 4.90 Å². The Kier molecular flexibility index (Phi) is 4.75. The molecule has 0 N–H and O–H groups in total. The van der Waals surface area contributed by atoms with E-state index in [0.29, 0.717) is 0 Å². The third kappa shape index (κ3) is 3.47. The molecular formula is C27H25N3S. The fourth-order valence-electron chi connectivity index (χ4n) is 4.34. The first-order valence-corrected chi connectivity index (χ1v) is 11.3. The molecule has 1 aliphatic rings. The number of thiazole rings is 1. The minimum Gasteiger partial charge on any atom is -0.347 e. The first-order valence-electron chi connectivity index (χ1n) is 10.5. The van der Waals surface area contributed by atoms with Gasteiger partial charge in [-0.2, -0.15) is 0 Å². The molecule has 0 fully saturated rings. The molecular weight excluding hydrogens is 398 g/mol. The zero-order valence-corrected chi connectivity index (χ0v) is 19.1. The van der Waals surface area contributed by atoms with Crippen LogP contribution in [0.15, 0.2) is 83.5 Å². The number of allylic oxidation sites excluding steroid dienone is 2. The summed E-state index contributed by atoms with van der Waals surface area (Å²) in [6.07, 6.45) is 4.04. The van der Waals surface area contributed by atoms with Gasteiger partial charge in [0.15, 0.2) is 0 Å². The largest absolute Gasteiger partial charge is 0.347 e. The standard InChI is InChI=1S/C27H25N3S/c1-18-9-14-22-24(17-18)31-26(29-22)19-10-12-20(13-11-19)28-16-15-25-27(2,3)21-7-5-6-8-23(21)30(25)4/h5-17H,1-4H3. The summed E-state index contributed by atoms with van der Waals surface area (Å²) in [5, 5.41) is 1.05. The van der Waals surface area contributed by atoms with Gasteiger partial charge in [0.25, 0.3) is 0 Å². The summed E-state index contributed by atoms with van der Waals surface area (Å²) in [6, 6.07) is 23.3. The van der Waals surface area contributed by atoms with E-state index in [1.807, 2.05) is 6.21 Å². The predicted molar refractivity (Wildman–Crippen MR) is 134 cm³/mol. The number of fused-ring (bicyclic) bond motifs is 2. The van der Waals surface area contributed by atoms with E-state index in [4.69, 9.17) is 4.98 Å². The molecule has 0 radical (unpaired) electrons. The van der Waals surface area contributed by atoms with Gasteiger partial charge in [0.05, 0.1) is 15.9 Å². The number of rotatable bonds is 3. The third-order valence-electron chi connectivity index (χ3n) is 6.05.